The number of nitrogens with zero attached hydrogens (tertiary/aromatic N) is 1. The number of amides is 2. The Hall–Kier alpha value is -3.09. The number of benzene rings is 2. The molecule has 170 valence electrons. The lowest BCUT2D eigenvalue weighted by Gasteiger charge is -2.44. The number of hydrogen-bond acceptors (Lipinski definition) is 4. The van der Waals surface area contributed by atoms with Gasteiger partial charge in [0.15, 0.2) is 0 Å². The van der Waals surface area contributed by atoms with E-state index in [0.717, 1.165) is 24.8 Å². The zero-order valence-electron chi connectivity index (χ0n) is 18.5. The monoisotopic (exact) mass is 440 g/mol. The van der Waals surface area contributed by atoms with E-state index >= 15 is 0 Å². The summed E-state index contributed by atoms with van der Waals surface area (Å²) in [5, 5.41) is 3.24. The molecule has 0 aromatic heterocycles. The van der Waals surface area contributed by atoms with Crippen molar-refractivity contribution < 1.29 is 23.5 Å². The lowest BCUT2D eigenvalue weighted by atomic mass is 9.71. The van der Waals surface area contributed by atoms with E-state index in [0.29, 0.717) is 43.0 Å². The van der Waals surface area contributed by atoms with E-state index in [1.165, 1.54) is 12.1 Å². The molecule has 1 saturated carbocycles. The van der Waals surface area contributed by atoms with Crippen molar-refractivity contribution in [2.24, 2.45) is 5.92 Å². The molecule has 1 heterocycles. The summed E-state index contributed by atoms with van der Waals surface area (Å²) in [7, 11) is 3.10. The second kappa shape index (κ2) is 9.18. The fourth-order valence-corrected chi connectivity index (χ4v) is 4.58. The SMILES string of the molecule is COc1cc(OC)cc(C(=O)N2CCC(C(=O)NC3(c4ccc(F)cc4)CCC3)CC2)c1. The summed E-state index contributed by atoms with van der Waals surface area (Å²) in [5.74, 6) is 0.631. The van der Waals surface area contributed by atoms with Crippen molar-refractivity contribution in [2.75, 3.05) is 27.3 Å². The van der Waals surface area contributed by atoms with Gasteiger partial charge in [0.05, 0.1) is 19.8 Å². The Kier molecular flexibility index (Phi) is 6.35. The molecule has 0 unspecified atom stereocenters. The summed E-state index contributed by atoms with van der Waals surface area (Å²) >= 11 is 0. The molecule has 32 heavy (non-hydrogen) atoms. The lowest BCUT2D eigenvalue weighted by Crippen LogP contribution is -2.53. The molecule has 2 aromatic rings. The summed E-state index contributed by atoms with van der Waals surface area (Å²) in [4.78, 5) is 27.8. The van der Waals surface area contributed by atoms with Crippen LogP contribution in [0.4, 0.5) is 4.39 Å². The standard InChI is InChI=1S/C25H29FN2O4/c1-31-21-14-18(15-22(16-21)32-2)24(30)28-12-8-17(9-13-28)23(29)27-25(10-3-11-25)19-4-6-20(26)7-5-19/h4-7,14-17H,3,8-13H2,1-2H3,(H,27,29). The van der Waals surface area contributed by atoms with Crippen molar-refractivity contribution in [3.63, 3.8) is 0 Å². The molecule has 2 fully saturated rings. The second-order valence-corrected chi connectivity index (χ2v) is 8.60. The van der Waals surface area contributed by atoms with Gasteiger partial charge in [-0.05, 0) is 61.9 Å². The molecule has 0 spiro atoms. The minimum Gasteiger partial charge on any atom is -0.497 e. The summed E-state index contributed by atoms with van der Waals surface area (Å²) in [6.07, 6.45) is 3.98. The van der Waals surface area contributed by atoms with Crippen LogP contribution in [0.25, 0.3) is 0 Å². The van der Waals surface area contributed by atoms with Crippen LogP contribution in [0.15, 0.2) is 42.5 Å². The Bertz CT molecular complexity index is 958. The molecule has 0 radical (unpaired) electrons. The van der Waals surface area contributed by atoms with E-state index in [4.69, 9.17) is 9.47 Å². The molecule has 6 nitrogen and oxygen atoms in total. The number of carbonyl (C=O) groups excluding carboxylic acids is 2. The number of methoxy groups -OCH3 is 2. The molecular formula is C25H29FN2O4. The maximum Gasteiger partial charge on any atom is 0.254 e. The third-order valence-electron chi connectivity index (χ3n) is 6.72. The predicted molar refractivity (Wildman–Crippen MR) is 118 cm³/mol. The fourth-order valence-electron chi connectivity index (χ4n) is 4.58. The molecule has 2 amide bonds. The molecule has 1 aliphatic carbocycles. The van der Waals surface area contributed by atoms with Gasteiger partial charge in [0.25, 0.3) is 5.91 Å². The number of halogens is 1. The number of hydrogen-bond donors (Lipinski definition) is 1. The number of ether oxygens (including phenoxy) is 2. The van der Waals surface area contributed by atoms with Crippen molar-refractivity contribution in [3.05, 3.63) is 59.4 Å². The van der Waals surface area contributed by atoms with Crippen molar-refractivity contribution in [1.82, 2.24) is 10.2 Å². The Balaban J connectivity index is 1.38. The van der Waals surface area contributed by atoms with Gasteiger partial charge < -0.3 is 19.7 Å². The predicted octanol–water partition coefficient (Wildman–Crippen LogP) is 3.89. The first-order chi connectivity index (χ1) is 15.4. The van der Waals surface area contributed by atoms with Crippen LogP contribution in [-0.4, -0.2) is 44.0 Å². The number of carbonyl (C=O) groups is 2. The molecule has 2 aliphatic rings. The molecule has 7 heteroatoms. The maximum atomic E-state index is 13.3. The van der Waals surface area contributed by atoms with Crippen molar-refractivity contribution >= 4 is 11.8 Å². The highest BCUT2D eigenvalue weighted by atomic mass is 19.1. The third kappa shape index (κ3) is 4.42. The summed E-state index contributed by atoms with van der Waals surface area (Å²) in [6, 6.07) is 11.5. The highest BCUT2D eigenvalue weighted by Crippen LogP contribution is 2.41. The first-order valence-electron chi connectivity index (χ1n) is 11.0. The number of piperidine rings is 1. The molecule has 2 aromatic carbocycles. The van der Waals surface area contributed by atoms with Crippen molar-refractivity contribution in [3.8, 4) is 11.5 Å². The van der Waals surface area contributed by atoms with E-state index < -0.39 is 5.54 Å². The Labute approximate surface area is 187 Å². The Morgan fingerprint density at radius 2 is 1.59 bits per heavy atom. The van der Waals surface area contributed by atoms with Crippen LogP contribution in [-0.2, 0) is 10.3 Å². The molecule has 0 atom stereocenters. The largest absolute Gasteiger partial charge is 0.497 e. The van der Waals surface area contributed by atoms with Crippen LogP contribution < -0.4 is 14.8 Å². The number of likely N-dealkylation sites (tertiary alicyclic amines) is 1. The highest BCUT2D eigenvalue weighted by Gasteiger charge is 2.41. The zero-order chi connectivity index (χ0) is 22.7. The third-order valence-corrected chi connectivity index (χ3v) is 6.72. The van der Waals surface area contributed by atoms with Crippen LogP contribution >= 0.6 is 0 Å². The van der Waals surface area contributed by atoms with Crippen LogP contribution in [0.3, 0.4) is 0 Å². The van der Waals surface area contributed by atoms with Gasteiger partial charge in [-0.2, -0.15) is 0 Å². The zero-order valence-corrected chi connectivity index (χ0v) is 18.5. The number of nitrogens with one attached hydrogen (secondary N) is 1. The maximum absolute atomic E-state index is 13.3. The smallest absolute Gasteiger partial charge is 0.254 e. The van der Waals surface area contributed by atoms with E-state index in [9.17, 15) is 14.0 Å². The first kappa shape index (κ1) is 22.1. The van der Waals surface area contributed by atoms with Crippen LogP contribution in [0.1, 0.15) is 48.0 Å². The molecule has 1 saturated heterocycles. The van der Waals surface area contributed by atoms with Crippen molar-refractivity contribution in [1.29, 1.82) is 0 Å². The van der Waals surface area contributed by atoms with Crippen LogP contribution in [0.5, 0.6) is 11.5 Å². The fraction of sp³-hybridized carbons (Fsp3) is 0.440. The minimum atomic E-state index is -0.394. The van der Waals surface area contributed by atoms with Gasteiger partial charge in [-0.15, -0.1) is 0 Å². The lowest BCUT2D eigenvalue weighted by molar-refractivity contribution is -0.129. The second-order valence-electron chi connectivity index (χ2n) is 8.60. The highest BCUT2D eigenvalue weighted by molar-refractivity contribution is 5.95. The molecular weight excluding hydrogens is 411 g/mol. The topological polar surface area (TPSA) is 67.9 Å². The quantitative estimate of drug-likeness (QED) is 0.740. The van der Waals surface area contributed by atoms with Gasteiger partial charge >= 0.3 is 0 Å². The van der Waals surface area contributed by atoms with E-state index in [-0.39, 0.29) is 23.5 Å². The molecule has 4 rings (SSSR count). The average molecular weight is 441 g/mol. The van der Waals surface area contributed by atoms with Gasteiger partial charge in [-0.3, -0.25) is 9.59 Å². The summed E-state index contributed by atoms with van der Waals surface area (Å²) in [5.41, 5.74) is 1.07. The average Bonchev–Trinajstić information content (AvgIpc) is 2.81. The van der Waals surface area contributed by atoms with Gasteiger partial charge in [-0.1, -0.05) is 12.1 Å². The molecule has 1 N–H and O–H groups in total. The van der Waals surface area contributed by atoms with Crippen molar-refractivity contribution in [2.45, 2.75) is 37.6 Å². The minimum absolute atomic E-state index is 0.0178. The van der Waals surface area contributed by atoms with E-state index in [1.807, 2.05) is 0 Å². The van der Waals surface area contributed by atoms with Gasteiger partial charge in [-0.25, -0.2) is 4.39 Å². The molecule has 1 aliphatic heterocycles. The first-order valence-corrected chi connectivity index (χ1v) is 11.0. The Morgan fingerprint density at radius 3 is 2.09 bits per heavy atom. The summed E-state index contributed by atoms with van der Waals surface area (Å²) in [6.45, 7) is 1.03. The number of rotatable bonds is 6. The summed E-state index contributed by atoms with van der Waals surface area (Å²) < 4.78 is 23.9. The Morgan fingerprint density at radius 1 is 1.00 bits per heavy atom. The van der Waals surface area contributed by atoms with E-state index in [2.05, 4.69) is 5.32 Å². The van der Waals surface area contributed by atoms with Gasteiger partial charge in [0.1, 0.15) is 17.3 Å². The van der Waals surface area contributed by atoms with Crippen LogP contribution in [0.2, 0.25) is 0 Å². The van der Waals surface area contributed by atoms with Gasteiger partial charge in [0.2, 0.25) is 5.91 Å². The van der Waals surface area contributed by atoms with Crippen LogP contribution in [0, 0.1) is 11.7 Å². The normalized spacial score (nSPS) is 17.9. The van der Waals surface area contributed by atoms with Gasteiger partial charge in [0, 0.05) is 30.6 Å². The molecule has 0 bridgehead atoms. The van der Waals surface area contributed by atoms with E-state index in [1.54, 1.807) is 49.5 Å².